The Morgan fingerprint density at radius 1 is 1.40 bits per heavy atom. The predicted molar refractivity (Wildman–Crippen MR) is 55.1 cm³/mol. The van der Waals surface area contributed by atoms with E-state index in [1.807, 2.05) is 6.92 Å². The zero-order valence-electron chi connectivity index (χ0n) is 9.06. The van der Waals surface area contributed by atoms with Gasteiger partial charge < -0.3 is 14.9 Å². The minimum atomic E-state index is -0.284. The monoisotopic (exact) mass is 214 g/mol. The lowest BCUT2D eigenvalue weighted by Crippen LogP contribution is -2.50. The van der Waals surface area contributed by atoms with Crippen molar-refractivity contribution in [1.82, 2.24) is 9.80 Å². The minimum Gasteiger partial charge on any atom is -0.396 e. The lowest BCUT2D eigenvalue weighted by molar-refractivity contribution is -0.140. The molecule has 0 spiro atoms. The fourth-order valence-corrected chi connectivity index (χ4v) is 1.69. The standard InChI is InChI=1S/C10H18N2O3/c1-2-9(7-13)10(15)12-5-3-11(8-14)4-6-12/h8-9,13H,2-7H2,1H3. The smallest absolute Gasteiger partial charge is 0.228 e. The van der Waals surface area contributed by atoms with Crippen molar-refractivity contribution in [2.24, 2.45) is 5.92 Å². The molecule has 0 radical (unpaired) electrons. The van der Waals surface area contributed by atoms with Crippen LogP contribution in [-0.2, 0) is 9.59 Å². The number of carbonyl (C=O) groups excluding carboxylic acids is 2. The molecule has 1 aliphatic rings. The van der Waals surface area contributed by atoms with Crippen LogP contribution in [-0.4, -0.2) is 60.0 Å². The van der Waals surface area contributed by atoms with Gasteiger partial charge in [0.25, 0.3) is 0 Å². The van der Waals surface area contributed by atoms with Crippen molar-refractivity contribution in [3.05, 3.63) is 0 Å². The van der Waals surface area contributed by atoms with Crippen LogP contribution >= 0.6 is 0 Å². The summed E-state index contributed by atoms with van der Waals surface area (Å²) in [7, 11) is 0. The Labute approximate surface area is 89.7 Å². The molecule has 0 aromatic heterocycles. The van der Waals surface area contributed by atoms with Gasteiger partial charge in [-0.15, -0.1) is 0 Å². The largest absolute Gasteiger partial charge is 0.396 e. The lowest BCUT2D eigenvalue weighted by Gasteiger charge is -2.34. The lowest BCUT2D eigenvalue weighted by atomic mass is 10.1. The number of hydrogen-bond acceptors (Lipinski definition) is 3. The fraction of sp³-hybridized carbons (Fsp3) is 0.800. The highest BCUT2D eigenvalue weighted by Gasteiger charge is 2.25. The molecule has 2 amide bonds. The summed E-state index contributed by atoms with van der Waals surface area (Å²) in [4.78, 5) is 25.7. The summed E-state index contributed by atoms with van der Waals surface area (Å²) >= 11 is 0. The molecule has 1 heterocycles. The molecular formula is C10H18N2O3. The molecule has 0 aromatic rings. The van der Waals surface area contributed by atoms with Crippen LogP contribution in [0, 0.1) is 5.92 Å². The number of nitrogens with zero attached hydrogens (tertiary/aromatic N) is 2. The quantitative estimate of drug-likeness (QED) is 0.630. The van der Waals surface area contributed by atoms with Crippen LogP contribution in [0.25, 0.3) is 0 Å². The maximum absolute atomic E-state index is 11.8. The molecule has 1 rings (SSSR count). The first kappa shape index (κ1) is 12.0. The second kappa shape index (κ2) is 5.70. The zero-order valence-corrected chi connectivity index (χ0v) is 9.06. The van der Waals surface area contributed by atoms with Gasteiger partial charge in [-0.2, -0.15) is 0 Å². The summed E-state index contributed by atoms with van der Waals surface area (Å²) in [6.07, 6.45) is 1.47. The predicted octanol–water partition coefficient (Wildman–Crippen LogP) is -0.694. The Morgan fingerprint density at radius 2 is 2.00 bits per heavy atom. The van der Waals surface area contributed by atoms with Crippen molar-refractivity contribution in [1.29, 1.82) is 0 Å². The molecule has 1 aliphatic heterocycles. The van der Waals surface area contributed by atoms with Crippen LogP contribution in [0.2, 0.25) is 0 Å². The molecule has 1 atom stereocenters. The summed E-state index contributed by atoms with van der Waals surface area (Å²) < 4.78 is 0. The van der Waals surface area contributed by atoms with E-state index in [4.69, 9.17) is 5.11 Å². The molecule has 0 aromatic carbocycles. The van der Waals surface area contributed by atoms with Gasteiger partial charge in [0.05, 0.1) is 12.5 Å². The molecule has 0 saturated carbocycles. The Bertz CT molecular complexity index is 221. The van der Waals surface area contributed by atoms with E-state index >= 15 is 0 Å². The van der Waals surface area contributed by atoms with Crippen molar-refractivity contribution < 1.29 is 14.7 Å². The van der Waals surface area contributed by atoms with E-state index in [0.29, 0.717) is 32.6 Å². The molecule has 15 heavy (non-hydrogen) atoms. The number of aliphatic hydroxyl groups is 1. The van der Waals surface area contributed by atoms with E-state index in [-0.39, 0.29) is 18.4 Å². The van der Waals surface area contributed by atoms with Crippen molar-refractivity contribution in [2.45, 2.75) is 13.3 Å². The number of amides is 2. The maximum Gasteiger partial charge on any atom is 0.228 e. The van der Waals surface area contributed by atoms with Gasteiger partial charge in [-0.25, -0.2) is 0 Å². The van der Waals surface area contributed by atoms with E-state index in [1.165, 1.54) is 0 Å². The first-order chi connectivity index (χ1) is 7.22. The molecule has 86 valence electrons. The van der Waals surface area contributed by atoms with Crippen molar-refractivity contribution >= 4 is 12.3 Å². The van der Waals surface area contributed by atoms with Crippen LogP contribution in [0.15, 0.2) is 0 Å². The molecule has 5 heteroatoms. The van der Waals surface area contributed by atoms with Crippen LogP contribution in [0.4, 0.5) is 0 Å². The molecule has 1 saturated heterocycles. The van der Waals surface area contributed by atoms with Gasteiger partial charge in [0, 0.05) is 26.2 Å². The minimum absolute atomic E-state index is 0.00514. The van der Waals surface area contributed by atoms with E-state index in [9.17, 15) is 9.59 Å². The summed E-state index contributed by atoms with van der Waals surface area (Å²) in [5.74, 6) is -0.279. The summed E-state index contributed by atoms with van der Waals surface area (Å²) in [5, 5.41) is 9.01. The van der Waals surface area contributed by atoms with Crippen molar-refractivity contribution in [3.63, 3.8) is 0 Å². The molecule has 1 fully saturated rings. The first-order valence-electron chi connectivity index (χ1n) is 5.32. The highest BCUT2D eigenvalue weighted by Crippen LogP contribution is 2.09. The Hall–Kier alpha value is -1.10. The summed E-state index contributed by atoms with van der Waals surface area (Å²) in [6, 6.07) is 0. The van der Waals surface area contributed by atoms with Gasteiger partial charge in [-0.1, -0.05) is 6.92 Å². The average molecular weight is 214 g/mol. The molecular weight excluding hydrogens is 196 g/mol. The van der Waals surface area contributed by atoms with Gasteiger partial charge >= 0.3 is 0 Å². The Kier molecular flexibility index (Phi) is 4.55. The normalized spacial score (nSPS) is 18.8. The van der Waals surface area contributed by atoms with Gasteiger partial charge in [-0.05, 0) is 6.42 Å². The zero-order chi connectivity index (χ0) is 11.3. The van der Waals surface area contributed by atoms with Crippen LogP contribution < -0.4 is 0 Å². The van der Waals surface area contributed by atoms with E-state index in [1.54, 1.807) is 9.80 Å². The third-order valence-corrected chi connectivity index (χ3v) is 2.84. The third-order valence-electron chi connectivity index (χ3n) is 2.84. The summed E-state index contributed by atoms with van der Waals surface area (Å²) in [5.41, 5.74) is 0. The van der Waals surface area contributed by atoms with Gasteiger partial charge in [0.15, 0.2) is 0 Å². The number of hydrogen-bond donors (Lipinski definition) is 1. The van der Waals surface area contributed by atoms with Gasteiger partial charge in [0.1, 0.15) is 0 Å². The van der Waals surface area contributed by atoms with E-state index in [2.05, 4.69) is 0 Å². The summed E-state index contributed by atoms with van der Waals surface area (Å²) in [6.45, 7) is 4.14. The number of rotatable bonds is 4. The van der Waals surface area contributed by atoms with Gasteiger partial charge in [-0.3, -0.25) is 9.59 Å². The Balaban J connectivity index is 2.45. The van der Waals surface area contributed by atoms with Crippen molar-refractivity contribution in [3.8, 4) is 0 Å². The SMILES string of the molecule is CCC(CO)C(=O)N1CCN(C=O)CC1. The van der Waals surface area contributed by atoms with Crippen molar-refractivity contribution in [2.75, 3.05) is 32.8 Å². The van der Waals surface area contributed by atoms with Gasteiger partial charge in [0.2, 0.25) is 12.3 Å². The number of piperazine rings is 1. The first-order valence-corrected chi connectivity index (χ1v) is 5.32. The van der Waals surface area contributed by atoms with E-state index in [0.717, 1.165) is 6.41 Å². The highest BCUT2D eigenvalue weighted by molar-refractivity contribution is 5.79. The number of carbonyl (C=O) groups is 2. The Morgan fingerprint density at radius 3 is 2.40 bits per heavy atom. The molecule has 0 aliphatic carbocycles. The van der Waals surface area contributed by atoms with E-state index < -0.39 is 0 Å². The topological polar surface area (TPSA) is 60.9 Å². The molecule has 0 bridgehead atoms. The number of aliphatic hydroxyl groups excluding tert-OH is 1. The second-order valence-corrected chi connectivity index (χ2v) is 3.75. The highest BCUT2D eigenvalue weighted by atomic mass is 16.3. The molecule has 5 nitrogen and oxygen atoms in total. The van der Waals surface area contributed by atoms with Crippen LogP contribution in [0.3, 0.4) is 0 Å². The fourth-order valence-electron chi connectivity index (χ4n) is 1.69. The molecule has 1 unspecified atom stereocenters. The van der Waals surface area contributed by atoms with Crippen LogP contribution in [0.5, 0.6) is 0 Å². The van der Waals surface area contributed by atoms with Crippen LogP contribution in [0.1, 0.15) is 13.3 Å². The average Bonchev–Trinajstić information content (AvgIpc) is 2.30. The molecule has 1 N–H and O–H groups in total. The third kappa shape index (κ3) is 2.92. The maximum atomic E-state index is 11.8. The second-order valence-electron chi connectivity index (χ2n) is 3.75.